The van der Waals surface area contributed by atoms with Gasteiger partial charge in [-0.25, -0.2) is 8.42 Å². The number of hydrogen-bond acceptors (Lipinski definition) is 4. The molecule has 1 atom stereocenters. The lowest BCUT2D eigenvalue weighted by molar-refractivity contribution is -0.136. The van der Waals surface area contributed by atoms with Gasteiger partial charge >= 0.3 is 0 Å². The molecule has 176 valence electrons. The van der Waals surface area contributed by atoms with Crippen molar-refractivity contribution in [3.63, 3.8) is 0 Å². The summed E-state index contributed by atoms with van der Waals surface area (Å²) in [7, 11) is -3.73. The monoisotopic (exact) mass is 469 g/mol. The molecule has 2 saturated heterocycles. The highest BCUT2D eigenvalue weighted by atomic mass is 32.2. The maximum absolute atomic E-state index is 13.3. The van der Waals surface area contributed by atoms with Gasteiger partial charge in [0.05, 0.1) is 4.90 Å². The zero-order valence-corrected chi connectivity index (χ0v) is 20.1. The average Bonchev–Trinajstić information content (AvgIpc) is 3.35. The van der Waals surface area contributed by atoms with Crippen LogP contribution >= 0.6 is 0 Å². The van der Waals surface area contributed by atoms with Gasteiger partial charge in [0.1, 0.15) is 6.04 Å². The number of piperazine rings is 1. The summed E-state index contributed by atoms with van der Waals surface area (Å²) in [6, 6.07) is 13.7. The standard InChI is InChI=1S/C25H31N3O4S/c1-3-20-8-10-21(11-9-20)24(29)26-15-17-27(18-16-26)25(30)23-5-4-14-28(23)33(31,32)22-12-6-19(2)7-13-22/h6-13,23H,3-5,14-18H2,1-2H3/t23-/m0/s1. The molecule has 4 rings (SSSR count). The van der Waals surface area contributed by atoms with Crippen LogP contribution in [0, 0.1) is 6.92 Å². The molecule has 0 unspecified atom stereocenters. The van der Waals surface area contributed by atoms with E-state index < -0.39 is 16.1 Å². The SMILES string of the molecule is CCc1ccc(C(=O)N2CCN(C(=O)[C@@H]3CCCN3S(=O)(=O)c3ccc(C)cc3)CC2)cc1. The Morgan fingerprint density at radius 2 is 1.48 bits per heavy atom. The van der Waals surface area contributed by atoms with Crippen LogP contribution < -0.4 is 0 Å². The van der Waals surface area contributed by atoms with Crippen molar-refractivity contribution < 1.29 is 18.0 Å². The molecule has 8 heteroatoms. The number of nitrogens with zero attached hydrogens (tertiary/aromatic N) is 3. The molecule has 0 aliphatic carbocycles. The largest absolute Gasteiger partial charge is 0.338 e. The van der Waals surface area contributed by atoms with Crippen LogP contribution in [-0.4, -0.2) is 73.1 Å². The minimum absolute atomic E-state index is 0.0332. The number of aryl methyl sites for hydroxylation is 2. The lowest BCUT2D eigenvalue weighted by Crippen LogP contribution is -2.55. The Balaban J connectivity index is 1.40. The second kappa shape index (κ2) is 9.65. The number of benzene rings is 2. The van der Waals surface area contributed by atoms with E-state index in [1.54, 1.807) is 34.1 Å². The molecular formula is C25H31N3O4S. The predicted molar refractivity (Wildman–Crippen MR) is 126 cm³/mol. The first kappa shape index (κ1) is 23.4. The van der Waals surface area contributed by atoms with E-state index in [0.29, 0.717) is 51.1 Å². The van der Waals surface area contributed by atoms with Crippen LogP contribution in [0.25, 0.3) is 0 Å². The molecule has 0 aromatic heterocycles. The highest BCUT2D eigenvalue weighted by molar-refractivity contribution is 7.89. The highest BCUT2D eigenvalue weighted by Gasteiger charge is 2.41. The minimum Gasteiger partial charge on any atom is -0.338 e. The highest BCUT2D eigenvalue weighted by Crippen LogP contribution is 2.28. The first-order valence-corrected chi connectivity index (χ1v) is 13.0. The van der Waals surface area contributed by atoms with Gasteiger partial charge in [0.15, 0.2) is 0 Å². The van der Waals surface area contributed by atoms with Crippen LogP contribution in [0.2, 0.25) is 0 Å². The van der Waals surface area contributed by atoms with Gasteiger partial charge in [-0.2, -0.15) is 4.31 Å². The summed E-state index contributed by atoms with van der Waals surface area (Å²) in [4.78, 5) is 29.8. The molecule has 2 aromatic carbocycles. The molecule has 0 spiro atoms. The molecule has 0 bridgehead atoms. The van der Waals surface area contributed by atoms with Gasteiger partial charge in [0, 0.05) is 38.3 Å². The van der Waals surface area contributed by atoms with Gasteiger partial charge < -0.3 is 9.80 Å². The molecule has 2 amide bonds. The van der Waals surface area contributed by atoms with E-state index >= 15 is 0 Å². The fraction of sp³-hybridized carbons (Fsp3) is 0.440. The van der Waals surface area contributed by atoms with Crippen molar-refractivity contribution in [3.05, 3.63) is 65.2 Å². The number of amides is 2. The molecule has 2 aliphatic rings. The number of carbonyl (C=O) groups excluding carboxylic acids is 2. The van der Waals surface area contributed by atoms with Crippen molar-refractivity contribution in [2.75, 3.05) is 32.7 Å². The van der Waals surface area contributed by atoms with E-state index in [0.717, 1.165) is 12.0 Å². The van der Waals surface area contributed by atoms with Gasteiger partial charge in [-0.1, -0.05) is 36.8 Å². The third-order valence-electron chi connectivity index (χ3n) is 6.60. The Kier molecular flexibility index (Phi) is 6.86. The second-order valence-corrected chi connectivity index (χ2v) is 10.6. The second-order valence-electron chi connectivity index (χ2n) is 8.75. The topological polar surface area (TPSA) is 78.0 Å². The van der Waals surface area contributed by atoms with Gasteiger partial charge in [0.2, 0.25) is 15.9 Å². The average molecular weight is 470 g/mol. The summed E-state index contributed by atoms with van der Waals surface area (Å²) in [6.45, 7) is 6.03. The Bertz CT molecular complexity index is 1110. The summed E-state index contributed by atoms with van der Waals surface area (Å²) in [5.41, 5.74) is 2.82. The van der Waals surface area contributed by atoms with Crippen LogP contribution in [0.5, 0.6) is 0 Å². The normalized spacial score (nSPS) is 19.6. The number of carbonyl (C=O) groups is 2. The Labute approximate surface area is 196 Å². The van der Waals surface area contributed by atoms with Crippen molar-refractivity contribution in [1.29, 1.82) is 0 Å². The van der Waals surface area contributed by atoms with E-state index in [9.17, 15) is 18.0 Å². The van der Waals surface area contributed by atoms with Gasteiger partial charge in [0.25, 0.3) is 5.91 Å². The van der Waals surface area contributed by atoms with Crippen molar-refractivity contribution in [2.24, 2.45) is 0 Å². The van der Waals surface area contributed by atoms with Crippen LogP contribution in [0.4, 0.5) is 0 Å². The van der Waals surface area contributed by atoms with Gasteiger partial charge in [-0.05, 0) is 56.0 Å². The van der Waals surface area contributed by atoms with Crippen molar-refractivity contribution >= 4 is 21.8 Å². The van der Waals surface area contributed by atoms with E-state index in [1.165, 1.54) is 9.87 Å². The zero-order chi connectivity index (χ0) is 23.6. The fourth-order valence-electron chi connectivity index (χ4n) is 4.53. The molecule has 0 N–H and O–H groups in total. The molecule has 0 saturated carbocycles. The van der Waals surface area contributed by atoms with Gasteiger partial charge in [-0.3, -0.25) is 9.59 Å². The Morgan fingerprint density at radius 3 is 2.09 bits per heavy atom. The molecule has 2 heterocycles. The Hall–Kier alpha value is -2.71. The van der Waals surface area contributed by atoms with Crippen molar-refractivity contribution in [2.45, 2.75) is 44.0 Å². The quantitative estimate of drug-likeness (QED) is 0.675. The summed E-state index contributed by atoms with van der Waals surface area (Å²) < 4.78 is 27.7. The number of sulfonamides is 1. The molecular weight excluding hydrogens is 438 g/mol. The molecule has 33 heavy (non-hydrogen) atoms. The van der Waals surface area contributed by atoms with Crippen molar-refractivity contribution in [3.8, 4) is 0 Å². The molecule has 2 fully saturated rings. The lowest BCUT2D eigenvalue weighted by atomic mass is 10.1. The summed E-state index contributed by atoms with van der Waals surface area (Å²) in [5.74, 6) is -0.197. The zero-order valence-electron chi connectivity index (χ0n) is 19.2. The molecule has 0 radical (unpaired) electrons. The van der Waals surface area contributed by atoms with Crippen LogP contribution in [0.15, 0.2) is 53.4 Å². The smallest absolute Gasteiger partial charge is 0.253 e. The van der Waals surface area contributed by atoms with Crippen LogP contribution in [0.1, 0.15) is 41.3 Å². The van der Waals surface area contributed by atoms with Crippen molar-refractivity contribution in [1.82, 2.24) is 14.1 Å². The van der Waals surface area contributed by atoms with Crippen LogP contribution in [0.3, 0.4) is 0 Å². The summed E-state index contributed by atoms with van der Waals surface area (Å²) in [5, 5.41) is 0. The first-order chi connectivity index (χ1) is 15.8. The van der Waals surface area contributed by atoms with E-state index in [4.69, 9.17) is 0 Å². The number of hydrogen-bond donors (Lipinski definition) is 0. The predicted octanol–water partition coefficient (Wildman–Crippen LogP) is 2.70. The lowest BCUT2D eigenvalue weighted by Gasteiger charge is -2.37. The maximum Gasteiger partial charge on any atom is 0.253 e. The van der Waals surface area contributed by atoms with E-state index in [2.05, 4.69) is 6.92 Å². The third kappa shape index (κ3) is 4.82. The minimum atomic E-state index is -3.73. The maximum atomic E-state index is 13.3. The molecule has 7 nitrogen and oxygen atoms in total. The third-order valence-corrected chi connectivity index (χ3v) is 8.53. The summed E-state index contributed by atoms with van der Waals surface area (Å²) >= 11 is 0. The van der Waals surface area contributed by atoms with Gasteiger partial charge in [-0.15, -0.1) is 0 Å². The molecule has 2 aliphatic heterocycles. The number of rotatable bonds is 5. The van der Waals surface area contributed by atoms with Crippen LogP contribution in [-0.2, 0) is 21.2 Å². The first-order valence-electron chi connectivity index (χ1n) is 11.6. The Morgan fingerprint density at radius 1 is 0.879 bits per heavy atom. The van der Waals surface area contributed by atoms with E-state index in [-0.39, 0.29) is 16.7 Å². The van der Waals surface area contributed by atoms with E-state index in [1.807, 2.05) is 31.2 Å². The summed E-state index contributed by atoms with van der Waals surface area (Å²) in [6.07, 6.45) is 2.10. The fourth-order valence-corrected chi connectivity index (χ4v) is 6.18. The molecule has 2 aromatic rings.